The summed E-state index contributed by atoms with van der Waals surface area (Å²) in [4.78, 5) is 30.4. The van der Waals surface area contributed by atoms with Crippen molar-refractivity contribution in [3.05, 3.63) is 35.9 Å². The van der Waals surface area contributed by atoms with Gasteiger partial charge in [0.15, 0.2) is 16.6 Å². The van der Waals surface area contributed by atoms with Gasteiger partial charge in [-0.15, -0.1) is 11.3 Å². The average Bonchev–Trinajstić information content (AvgIpc) is 3.53. The quantitative estimate of drug-likeness (QED) is 0.522. The molecule has 31 heavy (non-hydrogen) atoms. The summed E-state index contributed by atoms with van der Waals surface area (Å²) in [6.07, 6.45) is 8.91. The Labute approximate surface area is 183 Å². The normalized spacial score (nSPS) is 22.4. The van der Waals surface area contributed by atoms with Crippen LogP contribution in [-0.2, 0) is 0 Å². The fraction of sp³-hybridized carbons (Fsp3) is 0.500. The third kappa shape index (κ3) is 3.84. The van der Waals surface area contributed by atoms with Gasteiger partial charge in [-0.05, 0) is 19.3 Å². The lowest BCUT2D eigenvalue weighted by Gasteiger charge is -2.29. The van der Waals surface area contributed by atoms with Crippen LogP contribution in [0.1, 0.15) is 29.8 Å². The molecule has 3 N–H and O–H groups in total. The predicted molar refractivity (Wildman–Crippen MR) is 117 cm³/mol. The Kier molecular flexibility index (Phi) is 5.24. The molecule has 164 valence electrons. The van der Waals surface area contributed by atoms with Crippen LogP contribution in [0, 0.1) is 0 Å². The summed E-state index contributed by atoms with van der Waals surface area (Å²) in [6, 6.07) is 0. The van der Waals surface area contributed by atoms with E-state index < -0.39 is 5.54 Å². The molecule has 5 rings (SSSR count). The Morgan fingerprint density at radius 1 is 1.19 bits per heavy atom. The van der Waals surface area contributed by atoms with Crippen LogP contribution in [0.25, 0.3) is 5.65 Å². The Balaban J connectivity index is 1.29. The highest BCUT2D eigenvalue weighted by atomic mass is 32.1. The summed E-state index contributed by atoms with van der Waals surface area (Å²) in [5.74, 6) is 0.447. The van der Waals surface area contributed by atoms with Crippen molar-refractivity contribution >= 4 is 33.8 Å². The number of anilines is 2. The molecule has 2 fully saturated rings. The summed E-state index contributed by atoms with van der Waals surface area (Å²) in [7, 11) is 0. The molecule has 0 unspecified atom stereocenters. The highest BCUT2D eigenvalue weighted by Gasteiger charge is 2.40. The lowest BCUT2D eigenvalue weighted by Crippen LogP contribution is -2.53. The van der Waals surface area contributed by atoms with E-state index in [1.807, 2.05) is 21.7 Å². The van der Waals surface area contributed by atoms with Crippen LogP contribution in [0.4, 0.5) is 10.9 Å². The molecule has 0 spiro atoms. The summed E-state index contributed by atoms with van der Waals surface area (Å²) in [5.41, 5.74) is 0.334. The first-order valence-corrected chi connectivity index (χ1v) is 11.3. The van der Waals surface area contributed by atoms with E-state index >= 15 is 0 Å². The van der Waals surface area contributed by atoms with Crippen molar-refractivity contribution in [3.8, 4) is 0 Å². The van der Waals surface area contributed by atoms with Gasteiger partial charge in [-0.25, -0.2) is 15.0 Å². The first-order chi connectivity index (χ1) is 15.1. The van der Waals surface area contributed by atoms with E-state index in [9.17, 15) is 15.0 Å². The third-order valence-electron chi connectivity index (χ3n) is 6.09. The molecule has 10 nitrogen and oxygen atoms in total. The second-order valence-corrected chi connectivity index (χ2v) is 9.04. The number of aliphatic hydroxyl groups is 2. The molecular formula is C20H25N7O3S. The number of piperidine rings is 1. The minimum atomic E-state index is -0.767. The molecule has 0 bridgehead atoms. The summed E-state index contributed by atoms with van der Waals surface area (Å²) in [6.45, 7) is 2.39. The maximum absolute atomic E-state index is 12.9. The zero-order valence-electron chi connectivity index (χ0n) is 17.0. The molecular weight excluding hydrogens is 418 g/mol. The van der Waals surface area contributed by atoms with E-state index in [4.69, 9.17) is 0 Å². The number of hydrogen-bond acceptors (Lipinski definition) is 9. The largest absolute Gasteiger partial charge is 0.394 e. The van der Waals surface area contributed by atoms with Crippen LogP contribution < -0.4 is 15.1 Å². The van der Waals surface area contributed by atoms with Gasteiger partial charge in [0.05, 0.1) is 18.2 Å². The van der Waals surface area contributed by atoms with Gasteiger partial charge >= 0.3 is 0 Å². The summed E-state index contributed by atoms with van der Waals surface area (Å²) < 4.78 is 1.90. The Hall–Kier alpha value is -2.76. The maximum Gasteiger partial charge on any atom is 0.271 e. The number of amides is 1. The van der Waals surface area contributed by atoms with Gasteiger partial charge in [0, 0.05) is 56.3 Å². The van der Waals surface area contributed by atoms with Crippen molar-refractivity contribution in [3.63, 3.8) is 0 Å². The zero-order valence-corrected chi connectivity index (χ0v) is 17.8. The highest BCUT2D eigenvalue weighted by molar-refractivity contribution is 7.13. The molecule has 0 aliphatic carbocycles. The van der Waals surface area contributed by atoms with Crippen LogP contribution in [0.15, 0.2) is 30.2 Å². The number of hydrogen-bond donors (Lipinski definition) is 3. The second-order valence-electron chi connectivity index (χ2n) is 8.21. The molecule has 11 heteroatoms. The van der Waals surface area contributed by atoms with Crippen LogP contribution in [-0.4, -0.2) is 79.9 Å². The number of nitrogens with zero attached hydrogens (tertiary/aromatic N) is 6. The van der Waals surface area contributed by atoms with Gasteiger partial charge in [-0.2, -0.15) is 0 Å². The standard InChI is InChI=1S/C20H25N7O3S/c28-13-20(3-8-27(12-20)17-16-21-4-9-25(16)10-5-22-17)24-18(30)15-11-31-19(23-15)26-6-1-14(29)2-7-26/h4-5,9-11,14,28-29H,1-3,6-8,12-13H2,(H,24,30)/t20-/m0/s1. The fourth-order valence-corrected chi connectivity index (χ4v) is 5.12. The Morgan fingerprint density at radius 3 is 2.74 bits per heavy atom. The molecule has 3 aromatic rings. The van der Waals surface area contributed by atoms with Crippen LogP contribution in [0.3, 0.4) is 0 Å². The van der Waals surface area contributed by atoms with E-state index in [-0.39, 0.29) is 18.6 Å². The van der Waals surface area contributed by atoms with Crippen molar-refractivity contribution in [2.75, 3.05) is 42.6 Å². The minimum Gasteiger partial charge on any atom is -0.394 e. The molecule has 0 aromatic carbocycles. The third-order valence-corrected chi connectivity index (χ3v) is 6.99. The van der Waals surface area contributed by atoms with Crippen molar-refractivity contribution in [2.24, 2.45) is 0 Å². The number of fused-ring (bicyclic) bond motifs is 1. The van der Waals surface area contributed by atoms with Crippen LogP contribution in [0.2, 0.25) is 0 Å². The number of imidazole rings is 1. The number of thiazole rings is 1. The number of aromatic nitrogens is 4. The topological polar surface area (TPSA) is 119 Å². The minimum absolute atomic E-state index is 0.173. The molecule has 2 aliphatic rings. The highest BCUT2D eigenvalue weighted by Crippen LogP contribution is 2.29. The fourth-order valence-electron chi connectivity index (χ4n) is 4.26. The van der Waals surface area contributed by atoms with Crippen molar-refractivity contribution in [1.82, 2.24) is 24.7 Å². The van der Waals surface area contributed by atoms with Crippen molar-refractivity contribution in [2.45, 2.75) is 30.9 Å². The molecule has 0 saturated carbocycles. The smallest absolute Gasteiger partial charge is 0.271 e. The summed E-state index contributed by atoms with van der Waals surface area (Å²) >= 11 is 1.43. The van der Waals surface area contributed by atoms with E-state index in [1.165, 1.54) is 11.3 Å². The Morgan fingerprint density at radius 2 is 1.97 bits per heavy atom. The van der Waals surface area contributed by atoms with E-state index in [2.05, 4.69) is 25.2 Å². The van der Waals surface area contributed by atoms with Gasteiger partial charge in [0.25, 0.3) is 5.91 Å². The number of aliphatic hydroxyl groups excluding tert-OH is 2. The first-order valence-electron chi connectivity index (χ1n) is 10.4. The van der Waals surface area contributed by atoms with Gasteiger partial charge in [-0.3, -0.25) is 4.79 Å². The monoisotopic (exact) mass is 443 g/mol. The predicted octanol–water partition coefficient (Wildman–Crippen LogP) is 0.518. The SMILES string of the molecule is O=C(N[C@@]1(CO)CCN(c2nccn3ccnc23)C1)c1csc(N2CCC(O)CC2)n1. The van der Waals surface area contributed by atoms with Crippen molar-refractivity contribution < 1.29 is 15.0 Å². The van der Waals surface area contributed by atoms with Gasteiger partial charge in [-0.1, -0.05) is 0 Å². The lowest BCUT2D eigenvalue weighted by atomic mass is 10.00. The van der Waals surface area contributed by atoms with E-state index in [0.29, 0.717) is 38.0 Å². The average molecular weight is 444 g/mol. The zero-order chi connectivity index (χ0) is 21.4. The lowest BCUT2D eigenvalue weighted by molar-refractivity contribution is 0.0850. The molecule has 5 heterocycles. The number of carbonyl (C=O) groups is 1. The van der Waals surface area contributed by atoms with Gasteiger partial charge < -0.3 is 29.7 Å². The molecule has 2 saturated heterocycles. The molecule has 2 aliphatic heterocycles. The summed E-state index contributed by atoms with van der Waals surface area (Å²) in [5, 5.41) is 25.4. The van der Waals surface area contributed by atoms with E-state index in [0.717, 1.165) is 29.7 Å². The Bertz CT molecular complexity index is 1080. The molecule has 3 aromatic heterocycles. The number of carbonyl (C=O) groups excluding carboxylic acids is 1. The second kappa shape index (κ2) is 8.06. The number of nitrogens with one attached hydrogen (secondary N) is 1. The maximum atomic E-state index is 12.9. The first kappa shape index (κ1) is 20.2. The molecule has 1 atom stereocenters. The molecule has 0 radical (unpaired) electrons. The van der Waals surface area contributed by atoms with Crippen molar-refractivity contribution in [1.29, 1.82) is 0 Å². The van der Waals surface area contributed by atoms with Gasteiger partial charge in [0.2, 0.25) is 0 Å². The van der Waals surface area contributed by atoms with Crippen LogP contribution in [0.5, 0.6) is 0 Å². The van der Waals surface area contributed by atoms with Crippen LogP contribution >= 0.6 is 11.3 Å². The van der Waals surface area contributed by atoms with E-state index in [1.54, 1.807) is 17.8 Å². The number of rotatable bonds is 5. The van der Waals surface area contributed by atoms with Gasteiger partial charge in [0.1, 0.15) is 5.69 Å². The molecule has 1 amide bonds.